The summed E-state index contributed by atoms with van der Waals surface area (Å²) < 4.78 is 8.61. The van der Waals surface area contributed by atoms with Gasteiger partial charge in [0.15, 0.2) is 5.82 Å². The summed E-state index contributed by atoms with van der Waals surface area (Å²) in [6, 6.07) is 1.90. The number of aryl methyl sites for hydroxylation is 2. The van der Waals surface area contributed by atoms with E-state index in [0.717, 1.165) is 37.4 Å². The van der Waals surface area contributed by atoms with Gasteiger partial charge < -0.3 is 10.5 Å². The summed E-state index contributed by atoms with van der Waals surface area (Å²) in [7, 11) is 3.57. The van der Waals surface area contributed by atoms with E-state index >= 15 is 0 Å². The Kier molecular flexibility index (Phi) is 3.93. The molecule has 2 N–H and O–H groups in total. The maximum atomic E-state index is 5.87. The summed E-state index contributed by atoms with van der Waals surface area (Å²) in [5, 5.41) is 12.1. The van der Waals surface area contributed by atoms with Crippen LogP contribution >= 0.6 is 0 Å². The second-order valence-corrected chi connectivity index (χ2v) is 4.09. The molecule has 0 aliphatic rings. The van der Waals surface area contributed by atoms with Crippen LogP contribution in [-0.2, 0) is 18.3 Å². The third-order valence-electron chi connectivity index (χ3n) is 2.79. The van der Waals surface area contributed by atoms with Crippen molar-refractivity contribution >= 4 is 5.82 Å². The summed E-state index contributed by atoms with van der Waals surface area (Å²) in [6.07, 6.45) is 3.69. The minimum Gasteiger partial charge on any atom is -0.385 e. The molecular weight excluding hydrogens is 232 g/mol. The molecule has 2 heterocycles. The summed E-state index contributed by atoms with van der Waals surface area (Å²) in [4.78, 5) is 0. The Bertz CT molecular complexity index is 503. The van der Waals surface area contributed by atoms with Crippen molar-refractivity contribution in [2.75, 3.05) is 19.5 Å². The monoisotopic (exact) mass is 250 g/mol. The molecule has 2 aromatic rings. The van der Waals surface area contributed by atoms with Gasteiger partial charge in [0.05, 0.1) is 5.69 Å². The molecule has 0 bridgehead atoms. The quantitative estimate of drug-likeness (QED) is 0.762. The molecule has 0 spiro atoms. The molecule has 2 rings (SSSR count). The van der Waals surface area contributed by atoms with Crippen molar-refractivity contribution < 1.29 is 4.74 Å². The standard InChI is InChI=1S/C11H18N6O/c1-16-9(5-6-13-16)10-11(12)14-15-17(10)7-3-4-8-18-2/h5-6H,3-4,7-8,12H2,1-2H3. The summed E-state index contributed by atoms with van der Waals surface area (Å²) in [5.74, 6) is 0.436. The number of methoxy groups -OCH3 is 1. The predicted octanol–water partition coefficient (Wildman–Crippen LogP) is 0.687. The van der Waals surface area contributed by atoms with Crippen molar-refractivity contribution in [3.63, 3.8) is 0 Å². The topological polar surface area (TPSA) is 83.8 Å². The molecule has 0 aromatic carbocycles. The highest BCUT2D eigenvalue weighted by molar-refractivity contribution is 5.66. The first-order valence-corrected chi connectivity index (χ1v) is 5.90. The van der Waals surface area contributed by atoms with Gasteiger partial charge in [-0.15, -0.1) is 5.10 Å². The first kappa shape index (κ1) is 12.6. The summed E-state index contributed by atoms with van der Waals surface area (Å²) >= 11 is 0. The molecule has 0 saturated heterocycles. The van der Waals surface area contributed by atoms with Crippen molar-refractivity contribution in [1.82, 2.24) is 24.8 Å². The minimum atomic E-state index is 0.436. The molecule has 0 aliphatic heterocycles. The molecule has 18 heavy (non-hydrogen) atoms. The van der Waals surface area contributed by atoms with Gasteiger partial charge >= 0.3 is 0 Å². The SMILES string of the molecule is COCCCCn1nnc(N)c1-c1ccnn1C. The molecule has 7 heteroatoms. The maximum Gasteiger partial charge on any atom is 0.175 e. The number of nitrogens with zero attached hydrogens (tertiary/aromatic N) is 5. The lowest BCUT2D eigenvalue weighted by Crippen LogP contribution is -2.06. The number of aromatic nitrogens is 5. The molecule has 0 radical (unpaired) electrons. The zero-order valence-electron chi connectivity index (χ0n) is 10.7. The van der Waals surface area contributed by atoms with Gasteiger partial charge in [-0.3, -0.25) is 4.68 Å². The number of rotatable bonds is 6. The highest BCUT2D eigenvalue weighted by atomic mass is 16.5. The van der Waals surface area contributed by atoms with Crippen LogP contribution in [0.25, 0.3) is 11.4 Å². The highest BCUT2D eigenvalue weighted by Gasteiger charge is 2.15. The van der Waals surface area contributed by atoms with Crippen LogP contribution in [-0.4, -0.2) is 38.5 Å². The molecule has 0 fully saturated rings. The van der Waals surface area contributed by atoms with Crippen LogP contribution in [0.15, 0.2) is 12.3 Å². The third-order valence-corrected chi connectivity index (χ3v) is 2.79. The fourth-order valence-electron chi connectivity index (χ4n) is 1.86. The van der Waals surface area contributed by atoms with Crippen molar-refractivity contribution in [3.8, 4) is 11.4 Å². The fraction of sp³-hybridized carbons (Fsp3) is 0.545. The van der Waals surface area contributed by atoms with Gasteiger partial charge in [-0.2, -0.15) is 5.10 Å². The average molecular weight is 250 g/mol. The molecule has 0 saturated carbocycles. The van der Waals surface area contributed by atoms with E-state index in [1.165, 1.54) is 0 Å². The Morgan fingerprint density at radius 2 is 2.22 bits per heavy atom. The van der Waals surface area contributed by atoms with Gasteiger partial charge in [-0.05, 0) is 18.9 Å². The fourth-order valence-corrected chi connectivity index (χ4v) is 1.86. The van der Waals surface area contributed by atoms with E-state index < -0.39 is 0 Å². The van der Waals surface area contributed by atoms with Gasteiger partial charge in [0.2, 0.25) is 0 Å². The predicted molar refractivity (Wildman–Crippen MR) is 67.7 cm³/mol. The zero-order valence-corrected chi connectivity index (χ0v) is 10.7. The normalized spacial score (nSPS) is 11.0. The van der Waals surface area contributed by atoms with Crippen LogP contribution in [0, 0.1) is 0 Å². The first-order chi connectivity index (χ1) is 8.74. The Balaban J connectivity index is 2.15. The van der Waals surface area contributed by atoms with E-state index in [-0.39, 0.29) is 0 Å². The lowest BCUT2D eigenvalue weighted by Gasteiger charge is -2.07. The Labute approximate surface area is 106 Å². The smallest absolute Gasteiger partial charge is 0.175 e. The zero-order chi connectivity index (χ0) is 13.0. The van der Waals surface area contributed by atoms with Gasteiger partial charge in [0, 0.05) is 33.5 Å². The lowest BCUT2D eigenvalue weighted by atomic mass is 10.2. The lowest BCUT2D eigenvalue weighted by molar-refractivity contribution is 0.191. The van der Waals surface area contributed by atoms with Crippen LogP contribution in [0.3, 0.4) is 0 Å². The molecule has 2 aromatic heterocycles. The van der Waals surface area contributed by atoms with Gasteiger partial charge in [-0.25, -0.2) is 4.68 Å². The molecule has 0 amide bonds. The van der Waals surface area contributed by atoms with E-state index in [9.17, 15) is 0 Å². The molecule has 0 aliphatic carbocycles. The average Bonchev–Trinajstić information content (AvgIpc) is 2.91. The van der Waals surface area contributed by atoms with Gasteiger partial charge in [-0.1, -0.05) is 5.21 Å². The molecule has 0 unspecified atom stereocenters. The van der Waals surface area contributed by atoms with E-state index in [1.807, 2.05) is 17.8 Å². The van der Waals surface area contributed by atoms with E-state index in [2.05, 4.69) is 15.4 Å². The van der Waals surface area contributed by atoms with Crippen LogP contribution in [0.2, 0.25) is 0 Å². The molecule has 98 valence electrons. The largest absolute Gasteiger partial charge is 0.385 e. The second-order valence-electron chi connectivity index (χ2n) is 4.09. The van der Waals surface area contributed by atoms with E-state index in [0.29, 0.717) is 5.82 Å². The van der Waals surface area contributed by atoms with Crippen molar-refractivity contribution in [1.29, 1.82) is 0 Å². The van der Waals surface area contributed by atoms with Crippen LogP contribution in [0.4, 0.5) is 5.82 Å². The second kappa shape index (κ2) is 5.63. The van der Waals surface area contributed by atoms with E-state index in [1.54, 1.807) is 18.0 Å². The third kappa shape index (κ3) is 2.51. The first-order valence-electron chi connectivity index (χ1n) is 5.90. The van der Waals surface area contributed by atoms with Crippen molar-refractivity contribution in [3.05, 3.63) is 12.3 Å². The van der Waals surface area contributed by atoms with Crippen molar-refractivity contribution in [2.24, 2.45) is 7.05 Å². The molecule has 7 nitrogen and oxygen atoms in total. The Hall–Kier alpha value is -1.89. The number of nitrogen functional groups attached to an aromatic ring is 1. The van der Waals surface area contributed by atoms with Gasteiger partial charge in [0.1, 0.15) is 5.69 Å². The minimum absolute atomic E-state index is 0.436. The summed E-state index contributed by atoms with van der Waals surface area (Å²) in [5.41, 5.74) is 7.62. The van der Waals surface area contributed by atoms with Crippen LogP contribution in [0.1, 0.15) is 12.8 Å². The Morgan fingerprint density at radius 3 is 2.89 bits per heavy atom. The summed E-state index contributed by atoms with van der Waals surface area (Å²) in [6.45, 7) is 1.53. The number of hydrogen-bond acceptors (Lipinski definition) is 5. The number of hydrogen-bond donors (Lipinski definition) is 1. The number of ether oxygens (including phenoxy) is 1. The maximum absolute atomic E-state index is 5.87. The Morgan fingerprint density at radius 1 is 1.39 bits per heavy atom. The number of nitrogens with two attached hydrogens (primary N) is 1. The van der Waals surface area contributed by atoms with Gasteiger partial charge in [0.25, 0.3) is 0 Å². The highest BCUT2D eigenvalue weighted by Crippen LogP contribution is 2.23. The molecule has 0 atom stereocenters. The number of anilines is 1. The molecular formula is C11H18N6O. The van der Waals surface area contributed by atoms with Crippen molar-refractivity contribution in [2.45, 2.75) is 19.4 Å². The van der Waals surface area contributed by atoms with Crippen LogP contribution in [0.5, 0.6) is 0 Å². The number of unbranched alkanes of at least 4 members (excludes halogenated alkanes) is 1. The van der Waals surface area contributed by atoms with E-state index in [4.69, 9.17) is 10.5 Å². The van der Waals surface area contributed by atoms with Crippen LogP contribution < -0.4 is 5.73 Å².